The van der Waals surface area contributed by atoms with E-state index in [1.54, 1.807) is 7.05 Å². The SMILES string of the molecule is C=CC(=O)N(C)CC(=O)N1CC2(CCCC2)CCC1CO. The molecule has 1 aliphatic carbocycles. The second-order valence-electron chi connectivity index (χ2n) is 6.50. The molecule has 0 aromatic heterocycles. The maximum Gasteiger partial charge on any atom is 0.246 e. The van der Waals surface area contributed by atoms with Gasteiger partial charge in [0.25, 0.3) is 0 Å². The number of hydrogen-bond donors (Lipinski definition) is 1. The number of nitrogens with zero attached hydrogens (tertiary/aromatic N) is 2. The Labute approximate surface area is 126 Å². The molecule has 1 saturated carbocycles. The van der Waals surface area contributed by atoms with Crippen LogP contribution in [0.5, 0.6) is 0 Å². The molecule has 0 radical (unpaired) electrons. The van der Waals surface area contributed by atoms with Crippen molar-refractivity contribution >= 4 is 11.8 Å². The van der Waals surface area contributed by atoms with Crippen LogP contribution in [0.25, 0.3) is 0 Å². The van der Waals surface area contributed by atoms with E-state index in [1.165, 1.54) is 36.7 Å². The van der Waals surface area contributed by atoms with Crippen molar-refractivity contribution in [1.29, 1.82) is 0 Å². The summed E-state index contributed by atoms with van der Waals surface area (Å²) in [6.07, 6.45) is 8.00. The van der Waals surface area contributed by atoms with Gasteiger partial charge >= 0.3 is 0 Å². The predicted molar refractivity (Wildman–Crippen MR) is 80.6 cm³/mol. The molecule has 5 heteroatoms. The lowest BCUT2D eigenvalue weighted by molar-refractivity contribution is -0.143. The maximum atomic E-state index is 12.5. The van der Waals surface area contributed by atoms with Gasteiger partial charge in [0.15, 0.2) is 0 Å². The normalized spacial score (nSPS) is 24.1. The van der Waals surface area contributed by atoms with Gasteiger partial charge in [0.05, 0.1) is 19.2 Å². The molecule has 2 fully saturated rings. The first-order chi connectivity index (χ1) is 10.0. The molecule has 118 valence electrons. The number of likely N-dealkylation sites (tertiary alicyclic amines) is 1. The molecule has 1 spiro atoms. The molecule has 0 aromatic carbocycles. The lowest BCUT2D eigenvalue weighted by Gasteiger charge is -2.45. The van der Waals surface area contributed by atoms with Crippen molar-refractivity contribution in [3.8, 4) is 0 Å². The Morgan fingerprint density at radius 2 is 2.05 bits per heavy atom. The van der Waals surface area contributed by atoms with E-state index in [4.69, 9.17) is 0 Å². The second kappa shape index (κ2) is 6.60. The third-order valence-corrected chi connectivity index (χ3v) is 5.07. The Morgan fingerprint density at radius 1 is 1.38 bits per heavy atom. The van der Waals surface area contributed by atoms with Crippen molar-refractivity contribution in [2.24, 2.45) is 5.41 Å². The largest absolute Gasteiger partial charge is 0.394 e. The van der Waals surface area contributed by atoms with Crippen molar-refractivity contribution in [2.75, 3.05) is 26.7 Å². The number of likely N-dealkylation sites (N-methyl/N-ethyl adjacent to an activating group) is 1. The van der Waals surface area contributed by atoms with Gasteiger partial charge in [0, 0.05) is 13.6 Å². The first kappa shape index (κ1) is 16.0. The maximum absolute atomic E-state index is 12.5. The molecular weight excluding hydrogens is 268 g/mol. The van der Waals surface area contributed by atoms with Gasteiger partial charge in [-0.1, -0.05) is 19.4 Å². The van der Waals surface area contributed by atoms with Gasteiger partial charge in [-0.05, 0) is 37.2 Å². The van der Waals surface area contributed by atoms with Crippen LogP contribution in [0.4, 0.5) is 0 Å². The molecule has 1 heterocycles. The van der Waals surface area contributed by atoms with Crippen LogP contribution < -0.4 is 0 Å². The summed E-state index contributed by atoms with van der Waals surface area (Å²) in [5, 5.41) is 9.54. The third kappa shape index (κ3) is 3.46. The van der Waals surface area contributed by atoms with Crippen LogP contribution in [0.15, 0.2) is 12.7 Å². The zero-order chi connectivity index (χ0) is 15.5. The quantitative estimate of drug-likeness (QED) is 0.792. The smallest absolute Gasteiger partial charge is 0.246 e. The second-order valence-corrected chi connectivity index (χ2v) is 6.50. The summed E-state index contributed by atoms with van der Waals surface area (Å²) in [5.41, 5.74) is 0.252. The van der Waals surface area contributed by atoms with Crippen LogP contribution in [0.1, 0.15) is 38.5 Å². The number of carbonyl (C=O) groups is 2. The Morgan fingerprint density at radius 3 is 2.62 bits per heavy atom. The minimum atomic E-state index is -0.253. The van der Waals surface area contributed by atoms with Crippen LogP contribution in [0.3, 0.4) is 0 Å². The predicted octanol–water partition coefficient (Wildman–Crippen LogP) is 1.17. The van der Waals surface area contributed by atoms with Crippen molar-refractivity contribution < 1.29 is 14.7 Å². The van der Waals surface area contributed by atoms with E-state index in [9.17, 15) is 14.7 Å². The fourth-order valence-corrected chi connectivity index (χ4v) is 3.74. The van der Waals surface area contributed by atoms with E-state index in [2.05, 4.69) is 6.58 Å². The van der Waals surface area contributed by atoms with E-state index in [-0.39, 0.29) is 36.4 Å². The minimum absolute atomic E-state index is 0.000932. The summed E-state index contributed by atoms with van der Waals surface area (Å²) < 4.78 is 0. The summed E-state index contributed by atoms with van der Waals surface area (Å²) in [6.45, 7) is 4.22. The number of aliphatic hydroxyl groups is 1. The minimum Gasteiger partial charge on any atom is -0.394 e. The molecule has 0 bridgehead atoms. The number of amides is 2. The molecule has 21 heavy (non-hydrogen) atoms. The first-order valence-electron chi connectivity index (χ1n) is 7.79. The molecule has 1 atom stereocenters. The topological polar surface area (TPSA) is 60.9 Å². The summed E-state index contributed by atoms with van der Waals surface area (Å²) in [6, 6.07) is -0.101. The molecule has 1 N–H and O–H groups in total. The molecule has 1 unspecified atom stereocenters. The van der Waals surface area contributed by atoms with Crippen LogP contribution in [0.2, 0.25) is 0 Å². The van der Waals surface area contributed by atoms with Crippen LogP contribution >= 0.6 is 0 Å². The standard InChI is InChI=1S/C16H26N2O3/c1-3-14(20)17(2)10-15(21)18-12-16(7-4-5-8-16)9-6-13(18)11-19/h3,13,19H,1,4-12H2,2H3. The number of piperidine rings is 1. The average Bonchev–Trinajstić information content (AvgIpc) is 2.94. The van der Waals surface area contributed by atoms with E-state index in [0.717, 1.165) is 19.4 Å². The lowest BCUT2D eigenvalue weighted by atomic mass is 9.76. The first-order valence-corrected chi connectivity index (χ1v) is 7.79. The molecule has 2 amide bonds. The fraction of sp³-hybridized carbons (Fsp3) is 0.750. The molecule has 1 saturated heterocycles. The summed E-state index contributed by atoms with van der Waals surface area (Å²) in [4.78, 5) is 27.2. The highest BCUT2D eigenvalue weighted by atomic mass is 16.3. The molecular formula is C16H26N2O3. The number of aliphatic hydroxyl groups excluding tert-OH is 1. The van der Waals surface area contributed by atoms with Gasteiger partial charge in [-0.25, -0.2) is 0 Å². The molecule has 1 aliphatic heterocycles. The number of rotatable bonds is 4. The Kier molecular flexibility index (Phi) is 5.04. The molecule has 0 aromatic rings. The van der Waals surface area contributed by atoms with Gasteiger partial charge in [0.1, 0.15) is 0 Å². The Balaban J connectivity index is 2.04. The molecule has 5 nitrogen and oxygen atoms in total. The molecule has 2 aliphatic rings. The fourth-order valence-electron chi connectivity index (χ4n) is 3.74. The summed E-state index contributed by atoms with van der Waals surface area (Å²) in [7, 11) is 1.60. The van der Waals surface area contributed by atoms with Crippen molar-refractivity contribution in [3.63, 3.8) is 0 Å². The Bertz CT molecular complexity index is 416. The van der Waals surface area contributed by atoms with E-state index in [1.807, 2.05) is 4.90 Å². The summed E-state index contributed by atoms with van der Waals surface area (Å²) in [5.74, 6) is -0.325. The zero-order valence-electron chi connectivity index (χ0n) is 12.9. The van der Waals surface area contributed by atoms with Crippen LogP contribution in [-0.4, -0.2) is 59.5 Å². The van der Waals surface area contributed by atoms with E-state index < -0.39 is 0 Å². The Hall–Kier alpha value is -1.36. The molecule has 2 rings (SSSR count). The van der Waals surface area contributed by atoms with E-state index in [0.29, 0.717) is 0 Å². The lowest BCUT2D eigenvalue weighted by Crippen LogP contribution is -2.54. The number of carbonyl (C=O) groups excluding carboxylic acids is 2. The third-order valence-electron chi connectivity index (χ3n) is 5.07. The van der Waals surface area contributed by atoms with E-state index >= 15 is 0 Å². The van der Waals surface area contributed by atoms with Gasteiger partial charge in [-0.15, -0.1) is 0 Å². The summed E-state index contributed by atoms with van der Waals surface area (Å²) >= 11 is 0. The highest BCUT2D eigenvalue weighted by molar-refractivity contribution is 5.90. The van der Waals surface area contributed by atoms with Gasteiger partial charge in [0.2, 0.25) is 11.8 Å². The highest BCUT2D eigenvalue weighted by Gasteiger charge is 2.42. The van der Waals surface area contributed by atoms with Crippen molar-refractivity contribution in [3.05, 3.63) is 12.7 Å². The number of hydrogen-bond acceptors (Lipinski definition) is 3. The van der Waals surface area contributed by atoms with Gasteiger partial charge in [-0.3, -0.25) is 9.59 Å². The van der Waals surface area contributed by atoms with Crippen molar-refractivity contribution in [1.82, 2.24) is 9.80 Å². The van der Waals surface area contributed by atoms with Crippen LogP contribution in [0, 0.1) is 5.41 Å². The monoisotopic (exact) mass is 294 g/mol. The average molecular weight is 294 g/mol. The van der Waals surface area contributed by atoms with Crippen molar-refractivity contribution in [2.45, 2.75) is 44.6 Å². The van der Waals surface area contributed by atoms with Gasteiger partial charge < -0.3 is 14.9 Å². The highest BCUT2D eigenvalue weighted by Crippen LogP contribution is 2.46. The van der Waals surface area contributed by atoms with Crippen LogP contribution in [-0.2, 0) is 9.59 Å². The van der Waals surface area contributed by atoms with Gasteiger partial charge in [-0.2, -0.15) is 0 Å². The zero-order valence-corrected chi connectivity index (χ0v) is 12.9.